The highest BCUT2D eigenvalue weighted by molar-refractivity contribution is 5.96. The van der Waals surface area contributed by atoms with Crippen LogP contribution in [-0.4, -0.2) is 30.9 Å². The first-order chi connectivity index (χ1) is 13.4. The number of esters is 1. The van der Waals surface area contributed by atoms with Crippen LogP contribution in [0.5, 0.6) is 0 Å². The summed E-state index contributed by atoms with van der Waals surface area (Å²) in [7, 11) is 0. The highest BCUT2D eigenvalue weighted by Gasteiger charge is 2.11. The first kappa shape index (κ1) is 21.1. The maximum absolute atomic E-state index is 12.8. The lowest BCUT2D eigenvalue weighted by atomic mass is 9.99. The van der Waals surface area contributed by atoms with Crippen molar-refractivity contribution in [3.8, 4) is 0 Å². The lowest BCUT2D eigenvalue weighted by Gasteiger charge is -2.11. The molecule has 0 aliphatic rings. The monoisotopic (exact) mass is 386 g/mol. The molecule has 148 valence electrons. The van der Waals surface area contributed by atoms with Crippen molar-refractivity contribution in [1.82, 2.24) is 5.32 Å². The zero-order valence-corrected chi connectivity index (χ0v) is 15.8. The molecule has 7 heteroatoms. The van der Waals surface area contributed by atoms with Gasteiger partial charge < -0.3 is 15.4 Å². The minimum atomic E-state index is -0.752. The smallest absolute Gasteiger partial charge is 0.325 e. The molecule has 0 unspecified atom stereocenters. The maximum atomic E-state index is 12.8. The molecule has 0 aliphatic carbocycles. The second-order valence-electron chi connectivity index (χ2n) is 6.33. The van der Waals surface area contributed by atoms with E-state index in [9.17, 15) is 18.8 Å². The third-order valence-electron chi connectivity index (χ3n) is 4.24. The number of ether oxygens (including phenoxy) is 1. The summed E-state index contributed by atoms with van der Waals surface area (Å²) >= 11 is 0. The average molecular weight is 386 g/mol. The highest BCUT2D eigenvalue weighted by atomic mass is 19.1. The van der Waals surface area contributed by atoms with Gasteiger partial charge in [-0.25, -0.2) is 4.39 Å². The molecule has 28 heavy (non-hydrogen) atoms. The number of carbonyl (C=O) groups excluding carboxylic acids is 3. The minimum absolute atomic E-state index is 0.216. The fourth-order valence-electron chi connectivity index (χ4n) is 2.38. The van der Waals surface area contributed by atoms with Crippen molar-refractivity contribution in [2.45, 2.75) is 26.2 Å². The Morgan fingerprint density at radius 1 is 1.04 bits per heavy atom. The van der Waals surface area contributed by atoms with E-state index in [1.165, 1.54) is 17.7 Å². The Labute approximate surface area is 163 Å². The van der Waals surface area contributed by atoms with E-state index < -0.39 is 36.8 Å². The number of rotatable bonds is 8. The van der Waals surface area contributed by atoms with Gasteiger partial charge in [-0.05, 0) is 54.3 Å². The summed E-state index contributed by atoms with van der Waals surface area (Å²) in [6.07, 6.45) is 1.03. The number of benzene rings is 2. The predicted molar refractivity (Wildman–Crippen MR) is 103 cm³/mol. The van der Waals surface area contributed by atoms with E-state index in [1.807, 2.05) is 12.1 Å². The summed E-state index contributed by atoms with van der Waals surface area (Å²) in [5.41, 5.74) is 2.01. The van der Waals surface area contributed by atoms with Crippen molar-refractivity contribution in [3.63, 3.8) is 0 Å². The third-order valence-corrected chi connectivity index (χ3v) is 4.24. The number of amides is 2. The lowest BCUT2D eigenvalue weighted by Crippen LogP contribution is -2.32. The zero-order valence-electron chi connectivity index (χ0n) is 15.8. The van der Waals surface area contributed by atoms with Gasteiger partial charge in [0.1, 0.15) is 12.4 Å². The van der Waals surface area contributed by atoms with Gasteiger partial charge in [-0.15, -0.1) is 0 Å². The van der Waals surface area contributed by atoms with Crippen LogP contribution in [0.3, 0.4) is 0 Å². The maximum Gasteiger partial charge on any atom is 0.325 e. The van der Waals surface area contributed by atoms with Crippen LogP contribution in [0, 0.1) is 5.82 Å². The van der Waals surface area contributed by atoms with Gasteiger partial charge >= 0.3 is 5.97 Å². The van der Waals surface area contributed by atoms with Crippen LogP contribution in [0.2, 0.25) is 0 Å². The first-order valence-corrected chi connectivity index (χ1v) is 8.98. The molecule has 6 nitrogen and oxygen atoms in total. The van der Waals surface area contributed by atoms with Gasteiger partial charge in [-0.1, -0.05) is 26.0 Å². The number of halogens is 1. The molecule has 0 radical (unpaired) electrons. The van der Waals surface area contributed by atoms with Crippen molar-refractivity contribution in [1.29, 1.82) is 0 Å². The molecule has 0 heterocycles. The Hall–Kier alpha value is -3.22. The molecule has 0 aromatic heterocycles. The molecule has 1 atom stereocenters. The molecule has 2 N–H and O–H groups in total. The topological polar surface area (TPSA) is 84.5 Å². The van der Waals surface area contributed by atoms with Gasteiger partial charge in [0.05, 0.1) is 0 Å². The van der Waals surface area contributed by atoms with Crippen LogP contribution in [0.4, 0.5) is 10.1 Å². The first-order valence-electron chi connectivity index (χ1n) is 8.98. The van der Waals surface area contributed by atoms with Crippen LogP contribution in [0.1, 0.15) is 42.1 Å². The van der Waals surface area contributed by atoms with Gasteiger partial charge in [0.2, 0.25) is 0 Å². The molecular weight excluding hydrogens is 363 g/mol. The number of anilines is 1. The van der Waals surface area contributed by atoms with E-state index in [4.69, 9.17) is 4.74 Å². The third kappa shape index (κ3) is 6.50. The molecular formula is C21H23FN2O4. The second-order valence-corrected chi connectivity index (χ2v) is 6.33. The van der Waals surface area contributed by atoms with Crippen LogP contribution in [0.25, 0.3) is 0 Å². The summed E-state index contributed by atoms with van der Waals surface area (Å²) in [4.78, 5) is 35.4. The quantitative estimate of drug-likeness (QED) is 0.682. The predicted octanol–water partition coefficient (Wildman–Crippen LogP) is 3.25. The number of hydrogen-bond acceptors (Lipinski definition) is 4. The Bertz CT molecular complexity index is 819. The van der Waals surface area contributed by atoms with Crippen molar-refractivity contribution in [3.05, 3.63) is 65.5 Å². The lowest BCUT2D eigenvalue weighted by molar-refractivity contribution is -0.146. The Balaban J connectivity index is 1.72. The summed E-state index contributed by atoms with van der Waals surface area (Å²) in [6.45, 7) is 3.38. The van der Waals surface area contributed by atoms with Crippen molar-refractivity contribution < 1.29 is 23.5 Å². The van der Waals surface area contributed by atoms with Gasteiger partial charge in [-0.2, -0.15) is 0 Å². The number of nitrogens with one attached hydrogen (secondary N) is 2. The zero-order chi connectivity index (χ0) is 20.5. The molecule has 0 saturated heterocycles. The summed E-state index contributed by atoms with van der Waals surface area (Å²) in [5.74, 6) is -1.79. The molecule has 2 amide bonds. The molecule has 0 bridgehead atoms. The Morgan fingerprint density at radius 2 is 1.68 bits per heavy atom. The molecule has 2 aromatic carbocycles. The SMILES string of the molecule is CC[C@@H](C)c1ccc(NC(=O)COC(=O)CNC(=O)c2ccc(F)cc2)cc1. The molecule has 0 fully saturated rings. The molecule has 0 saturated carbocycles. The van der Waals surface area contributed by atoms with E-state index in [1.54, 1.807) is 12.1 Å². The van der Waals surface area contributed by atoms with Crippen LogP contribution in [-0.2, 0) is 14.3 Å². The largest absolute Gasteiger partial charge is 0.454 e. The minimum Gasteiger partial charge on any atom is -0.454 e. The van der Waals surface area contributed by atoms with Crippen LogP contribution >= 0.6 is 0 Å². The van der Waals surface area contributed by atoms with Crippen molar-refractivity contribution in [2.24, 2.45) is 0 Å². The number of hydrogen-bond donors (Lipinski definition) is 2. The summed E-state index contributed by atoms with van der Waals surface area (Å²) in [6, 6.07) is 12.4. The van der Waals surface area contributed by atoms with Crippen molar-refractivity contribution >= 4 is 23.5 Å². The van der Waals surface area contributed by atoms with E-state index in [0.29, 0.717) is 11.6 Å². The summed E-state index contributed by atoms with van der Waals surface area (Å²) in [5, 5.41) is 4.98. The Morgan fingerprint density at radius 3 is 2.29 bits per heavy atom. The van der Waals surface area contributed by atoms with E-state index >= 15 is 0 Å². The van der Waals surface area contributed by atoms with Gasteiger partial charge in [0.15, 0.2) is 6.61 Å². The van der Waals surface area contributed by atoms with Gasteiger partial charge in [-0.3, -0.25) is 14.4 Å². The normalized spacial score (nSPS) is 11.4. The second kappa shape index (κ2) is 10.2. The van der Waals surface area contributed by atoms with E-state index in [0.717, 1.165) is 18.6 Å². The van der Waals surface area contributed by atoms with Gasteiger partial charge in [0.25, 0.3) is 11.8 Å². The van der Waals surface area contributed by atoms with Crippen molar-refractivity contribution in [2.75, 3.05) is 18.5 Å². The van der Waals surface area contributed by atoms with Crippen LogP contribution in [0.15, 0.2) is 48.5 Å². The van der Waals surface area contributed by atoms with E-state index in [-0.39, 0.29) is 5.56 Å². The number of carbonyl (C=O) groups is 3. The fourth-order valence-corrected chi connectivity index (χ4v) is 2.38. The highest BCUT2D eigenvalue weighted by Crippen LogP contribution is 2.20. The molecule has 0 aliphatic heterocycles. The Kier molecular flexibility index (Phi) is 7.68. The van der Waals surface area contributed by atoms with Gasteiger partial charge in [0, 0.05) is 11.3 Å². The van der Waals surface area contributed by atoms with Crippen LogP contribution < -0.4 is 10.6 Å². The molecule has 2 aromatic rings. The fraction of sp³-hybridized carbons (Fsp3) is 0.286. The summed E-state index contributed by atoms with van der Waals surface area (Å²) < 4.78 is 17.7. The molecule has 0 spiro atoms. The average Bonchev–Trinajstić information content (AvgIpc) is 2.71. The van der Waals surface area contributed by atoms with E-state index in [2.05, 4.69) is 24.5 Å². The molecule has 2 rings (SSSR count). The standard InChI is InChI=1S/C21H23FN2O4/c1-3-14(2)15-6-10-18(11-7-15)24-19(25)13-28-20(26)12-23-21(27)16-4-8-17(22)9-5-16/h4-11,14H,3,12-13H2,1-2H3,(H,23,27)(H,24,25)/t14-/m1/s1.